The monoisotopic (exact) mass is 425 g/mol. The minimum atomic E-state index is -0.357. The van der Waals surface area contributed by atoms with Crippen molar-refractivity contribution in [1.82, 2.24) is 19.6 Å². The summed E-state index contributed by atoms with van der Waals surface area (Å²) in [5, 5.41) is 12.5. The molecule has 0 aliphatic carbocycles. The van der Waals surface area contributed by atoms with Crippen LogP contribution in [0.2, 0.25) is 10.0 Å². The van der Waals surface area contributed by atoms with Gasteiger partial charge in [-0.05, 0) is 54.4 Å². The second kappa shape index (κ2) is 8.11. The lowest BCUT2D eigenvalue weighted by Crippen LogP contribution is -2.17. The van der Waals surface area contributed by atoms with Gasteiger partial charge in [-0.15, -0.1) is 5.10 Å². The number of hydrogen-bond donors (Lipinski definition) is 1. The Morgan fingerprint density at radius 2 is 1.83 bits per heavy atom. The highest BCUT2D eigenvalue weighted by Crippen LogP contribution is 2.23. The number of hydrogen-bond acceptors (Lipinski definition) is 3. The lowest BCUT2D eigenvalue weighted by atomic mass is 10.2. The van der Waals surface area contributed by atoms with Gasteiger partial charge in [0, 0.05) is 28.1 Å². The molecule has 0 aliphatic rings. The summed E-state index contributed by atoms with van der Waals surface area (Å²) >= 11 is 12.3. The van der Waals surface area contributed by atoms with E-state index in [0.29, 0.717) is 28.1 Å². The van der Waals surface area contributed by atoms with E-state index in [-0.39, 0.29) is 11.6 Å². The number of carbonyl (C=O) groups is 1. The number of anilines is 1. The average molecular weight is 426 g/mol. The smallest absolute Gasteiger partial charge is 0.280 e. The van der Waals surface area contributed by atoms with Crippen LogP contribution in [0.5, 0.6) is 0 Å². The zero-order chi connectivity index (χ0) is 20.4. The van der Waals surface area contributed by atoms with Crippen molar-refractivity contribution in [3.05, 3.63) is 93.9 Å². The molecule has 0 aliphatic heterocycles. The molecule has 0 saturated carbocycles. The van der Waals surface area contributed by atoms with Gasteiger partial charge in [0.15, 0.2) is 11.5 Å². The van der Waals surface area contributed by atoms with Crippen molar-refractivity contribution in [1.29, 1.82) is 0 Å². The number of aromatic nitrogens is 4. The Kier molecular flexibility index (Phi) is 5.38. The van der Waals surface area contributed by atoms with Gasteiger partial charge in [-0.1, -0.05) is 46.6 Å². The van der Waals surface area contributed by atoms with Gasteiger partial charge in [0.2, 0.25) is 0 Å². The highest BCUT2D eigenvalue weighted by Gasteiger charge is 2.22. The molecule has 0 saturated heterocycles. The van der Waals surface area contributed by atoms with Gasteiger partial charge in [-0.3, -0.25) is 4.79 Å². The highest BCUT2D eigenvalue weighted by molar-refractivity contribution is 6.31. The van der Waals surface area contributed by atoms with Gasteiger partial charge in [0.25, 0.3) is 5.91 Å². The summed E-state index contributed by atoms with van der Waals surface area (Å²) in [6, 6.07) is 16.5. The van der Waals surface area contributed by atoms with Crippen LogP contribution >= 0.6 is 23.2 Å². The van der Waals surface area contributed by atoms with Crippen LogP contribution in [-0.4, -0.2) is 25.5 Å². The predicted octanol–water partition coefficient (Wildman–Crippen LogP) is 4.98. The van der Waals surface area contributed by atoms with Gasteiger partial charge in [-0.25, -0.2) is 4.68 Å². The van der Waals surface area contributed by atoms with Gasteiger partial charge in [0.1, 0.15) is 0 Å². The number of benzene rings is 2. The van der Waals surface area contributed by atoms with E-state index in [1.54, 1.807) is 27.4 Å². The van der Waals surface area contributed by atoms with Crippen molar-refractivity contribution >= 4 is 34.8 Å². The van der Waals surface area contributed by atoms with E-state index in [4.69, 9.17) is 23.2 Å². The van der Waals surface area contributed by atoms with Gasteiger partial charge in [0.05, 0.1) is 6.54 Å². The van der Waals surface area contributed by atoms with Gasteiger partial charge >= 0.3 is 0 Å². The number of aryl methyl sites for hydroxylation is 1. The summed E-state index contributed by atoms with van der Waals surface area (Å²) in [6.45, 7) is 2.26. The topological polar surface area (TPSA) is 64.7 Å². The number of carbonyl (C=O) groups excluding carboxylic acids is 1. The predicted molar refractivity (Wildman–Crippen MR) is 114 cm³/mol. The lowest BCUT2D eigenvalue weighted by molar-refractivity contribution is 0.102. The maximum Gasteiger partial charge on any atom is 0.280 e. The van der Waals surface area contributed by atoms with E-state index in [1.165, 1.54) is 0 Å². The van der Waals surface area contributed by atoms with Crippen LogP contribution in [0.3, 0.4) is 0 Å². The third-order valence-corrected chi connectivity index (χ3v) is 5.09. The number of rotatable bonds is 5. The minimum Gasteiger partial charge on any atom is -0.320 e. The van der Waals surface area contributed by atoms with E-state index >= 15 is 0 Å². The third-order valence-electron chi connectivity index (χ3n) is 4.49. The van der Waals surface area contributed by atoms with E-state index in [9.17, 15) is 4.79 Å². The molecule has 146 valence electrons. The molecule has 4 aromatic rings. The van der Waals surface area contributed by atoms with Crippen LogP contribution in [0.1, 0.15) is 21.6 Å². The molecule has 1 N–H and O–H groups in total. The van der Waals surface area contributed by atoms with E-state index in [2.05, 4.69) is 15.6 Å². The lowest BCUT2D eigenvalue weighted by Gasteiger charge is -2.11. The van der Waals surface area contributed by atoms with Crippen LogP contribution < -0.4 is 5.32 Å². The zero-order valence-electron chi connectivity index (χ0n) is 15.5. The first-order chi connectivity index (χ1) is 14.0. The Bertz CT molecular complexity index is 1170. The fourth-order valence-corrected chi connectivity index (χ4v) is 3.45. The molecule has 0 spiro atoms. The van der Waals surface area contributed by atoms with Crippen LogP contribution in [0.15, 0.2) is 67.0 Å². The summed E-state index contributed by atoms with van der Waals surface area (Å²) in [7, 11) is 0. The molecule has 29 heavy (non-hydrogen) atoms. The van der Waals surface area contributed by atoms with Crippen LogP contribution in [0.25, 0.3) is 5.82 Å². The number of nitrogens with one attached hydrogen (secondary N) is 1. The minimum absolute atomic E-state index is 0.211. The second-order valence-electron chi connectivity index (χ2n) is 6.51. The first-order valence-corrected chi connectivity index (χ1v) is 9.66. The Balaban J connectivity index is 1.71. The summed E-state index contributed by atoms with van der Waals surface area (Å²) in [6.07, 6.45) is 3.68. The molecular formula is C21H17Cl2N5O. The highest BCUT2D eigenvalue weighted by atomic mass is 35.5. The molecule has 8 heteroatoms. The largest absolute Gasteiger partial charge is 0.320 e. The van der Waals surface area contributed by atoms with Crippen LogP contribution in [-0.2, 0) is 6.54 Å². The van der Waals surface area contributed by atoms with Crippen molar-refractivity contribution in [3.8, 4) is 5.82 Å². The fourth-order valence-electron chi connectivity index (χ4n) is 3.03. The molecule has 0 unspecified atom stereocenters. The van der Waals surface area contributed by atoms with Crippen molar-refractivity contribution in [3.63, 3.8) is 0 Å². The second-order valence-corrected chi connectivity index (χ2v) is 7.36. The van der Waals surface area contributed by atoms with Gasteiger partial charge in [-0.2, -0.15) is 0 Å². The molecule has 2 heterocycles. The Labute approximate surface area is 177 Å². The molecule has 0 bridgehead atoms. The third kappa shape index (κ3) is 4.04. The van der Waals surface area contributed by atoms with Crippen LogP contribution in [0.4, 0.5) is 5.69 Å². The molecule has 0 atom stereocenters. The van der Waals surface area contributed by atoms with Crippen LogP contribution in [0, 0.1) is 6.92 Å². The quantitative estimate of drug-likeness (QED) is 0.489. The van der Waals surface area contributed by atoms with E-state index in [0.717, 1.165) is 11.1 Å². The molecule has 0 fully saturated rings. The first kappa shape index (κ1) is 19.2. The standard InChI is InChI=1S/C21H17Cl2N5O/c1-14-12-16(22)8-9-18(14)24-20(29)19-21(27-10-4-5-11-27)28(26-25-19)13-15-6-2-3-7-17(15)23/h2-12H,13H2,1H3,(H,24,29). The molecule has 4 rings (SSSR count). The molecule has 6 nitrogen and oxygen atoms in total. The number of nitrogens with zero attached hydrogens (tertiary/aromatic N) is 4. The molecule has 1 amide bonds. The van der Waals surface area contributed by atoms with Crippen molar-refractivity contribution in [2.45, 2.75) is 13.5 Å². The van der Waals surface area contributed by atoms with E-state index in [1.807, 2.05) is 55.7 Å². The zero-order valence-corrected chi connectivity index (χ0v) is 17.0. The normalized spacial score (nSPS) is 10.9. The Hall–Kier alpha value is -3.09. The Morgan fingerprint density at radius 3 is 2.55 bits per heavy atom. The number of halogens is 2. The summed E-state index contributed by atoms with van der Waals surface area (Å²) in [5.41, 5.74) is 2.62. The fraction of sp³-hybridized carbons (Fsp3) is 0.0952. The Morgan fingerprint density at radius 1 is 1.07 bits per heavy atom. The molecule has 2 aromatic heterocycles. The van der Waals surface area contributed by atoms with Crippen molar-refractivity contribution in [2.75, 3.05) is 5.32 Å². The van der Waals surface area contributed by atoms with Crippen molar-refractivity contribution in [2.24, 2.45) is 0 Å². The van der Waals surface area contributed by atoms with Crippen molar-refractivity contribution < 1.29 is 4.79 Å². The molecular weight excluding hydrogens is 409 g/mol. The summed E-state index contributed by atoms with van der Waals surface area (Å²) in [4.78, 5) is 13.0. The van der Waals surface area contributed by atoms with Gasteiger partial charge < -0.3 is 9.88 Å². The average Bonchev–Trinajstić information content (AvgIpc) is 3.35. The summed E-state index contributed by atoms with van der Waals surface area (Å²) < 4.78 is 3.46. The number of amides is 1. The molecule has 2 aromatic carbocycles. The first-order valence-electron chi connectivity index (χ1n) is 8.90. The SMILES string of the molecule is Cc1cc(Cl)ccc1NC(=O)c1nnn(Cc2ccccc2Cl)c1-n1cccc1. The maximum atomic E-state index is 13.0. The maximum absolute atomic E-state index is 13.0. The van der Waals surface area contributed by atoms with E-state index < -0.39 is 0 Å². The molecule has 0 radical (unpaired) electrons. The summed E-state index contributed by atoms with van der Waals surface area (Å²) in [5.74, 6) is 0.198.